The van der Waals surface area contributed by atoms with E-state index < -0.39 is 98.7 Å². The summed E-state index contributed by atoms with van der Waals surface area (Å²) in [6, 6.07) is -2.34. The number of hydrogen-bond acceptors (Lipinski definition) is 15. The second-order valence-corrected chi connectivity index (χ2v) is 10.9. The molecule has 0 saturated carbocycles. The van der Waals surface area contributed by atoms with Gasteiger partial charge in [-0.3, -0.25) is 9.59 Å². The molecule has 3 fully saturated rings. The zero-order valence-electron chi connectivity index (χ0n) is 25.3. The van der Waals surface area contributed by atoms with Gasteiger partial charge in [0.1, 0.15) is 54.9 Å². The van der Waals surface area contributed by atoms with Gasteiger partial charge in [0, 0.05) is 28.1 Å². The zero-order chi connectivity index (χ0) is 32.6. The predicted octanol–water partition coefficient (Wildman–Crippen LogP) is -4.92. The molecule has 17 nitrogen and oxygen atoms in total. The van der Waals surface area contributed by atoms with Crippen LogP contribution in [0, 0.1) is 0 Å². The predicted molar refractivity (Wildman–Crippen MR) is 146 cm³/mol. The van der Waals surface area contributed by atoms with E-state index in [1.807, 2.05) is 0 Å². The average molecular weight is 628 g/mol. The summed E-state index contributed by atoms with van der Waals surface area (Å²) in [5.74, 6) is -0.600. The molecule has 0 aromatic carbocycles. The summed E-state index contributed by atoms with van der Waals surface area (Å²) >= 11 is 0. The molecule has 252 valence electrons. The van der Waals surface area contributed by atoms with E-state index in [1.54, 1.807) is 13.8 Å². The van der Waals surface area contributed by atoms with Crippen molar-refractivity contribution in [1.29, 1.82) is 0 Å². The Morgan fingerprint density at radius 3 is 1.47 bits per heavy atom. The van der Waals surface area contributed by atoms with Gasteiger partial charge in [0.05, 0.1) is 50.2 Å². The number of ether oxygens (including phenoxy) is 6. The summed E-state index contributed by atoms with van der Waals surface area (Å²) in [7, 11) is 2.79. The minimum atomic E-state index is -1.23. The molecule has 0 radical (unpaired) electrons. The summed E-state index contributed by atoms with van der Waals surface area (Å²) < 4.78 is 32.7. The lowest BCUT2D eigenvalue weighted by atomic mass is 9.92. The van der Waals surface area contributed by atoms with Crippen molar-refractivity contribution < 1.29 is 68.6 Å². The normalized spacial score (nSPS) is 43.2. The molecular formula is C26H49N3O14. The lowest BCUT2D eigenvalue weighted by Gasteiger charge is -2.47. The smallest absolute Gasteiger partial charge is 0.217 e. The number of rotatable bonds is 9. The second-order valence-electron chi connectivity index (χ2n) is 10.9. The minimum absolute atomic E-state index is 0.229. The molecule has 0 spiro atoms. The lowest BCUT2D eigenvalue weighted by molar-refractivity contribution is -0.313. The highest BCUT2D eigenvalue weighted by Gasteiger charge is 2.50. The molecule has 3 aliphatic rings. The number of nitrogens with two attached hydrogens (primary N) is 1. The van der Waals surface area contributed by atoms with E-state index in [0.29, 0.717) is 0 Å². The highest BCUT2D eigenvalue weighted by atomic mass is 16.7. The molecular weight excluding hydrogens is 578 g/mol. The number of aliphatic hydroxyl groups is 6. The van der Waals surface area contributed by atoms with Crippen molar-refractivity contribution in [3.05, 3.63) is 0 Å². The van der Waals surface area contributed by atoms with Crippen LogP contribution < -0.4 is 16.4 Å². The Balaban J connectivity index is 0.000000344. The summed E-state index contributed by atoms with van der Waals surface area (Å²) in [4.78, 5) is 22.4. The molecule has 0 bridgehead atoms. The third kappa shape index (κ3) is 9.23. The van der Waals surface area contributed by atoms with Gasteiger partial charge >= 0.3 is 0 Å². The first-order valence-corrected chi connectivity index (χ1v) is 14.1. The fourth-order valence-corrected chi connectivity index (χ4v) is 5.56. The molecule has 0 aromatic heterocycles. The second kappa shape index (κ2) is 17.2. The van der Waals surface area contributed by atoms with Crippen LogP contribution in [-0.2, 0) is 38.0 Å². The maximum Gasteiger partial charge on any atom is 0.217 e. The standard InChI is InChI=1S/C16H30N2O9.C10H19NO5/c1-6-11(18-7(2)21)13(23)15(9(5-20)25-6)27-16-10(17)12(22)14(24-3)8(4-19)26-16;1-5-8(11-6(2)13)9(14)10(15-3)7(4-12)16-5/h6,8-16,19-20,22-23H,4-5,17H2,1-3H3,(H,18,21);5,7-10,12,14H,4H2,1-3H3,(H,11,13)/t6-,8?,9-,10?,11?,12+,13?,14+,15+,16?;5?,7?,8?,9-,10-/m01/s1. The SMILES string of the molecule is CO[C@@H]1C(CO)OC(C)C(NC(C)=O)[C@H]1O.CO[C@@H]1C(CO)OC(O[C@H]2C(O)C(NC(C)=O)[C@H](C)O[C@H]2CO)C(N)[C@H]1O. The van der Waals surface area contributed by atoms with Gasteiger partial charge in [0.25, 0.3) is 0 Å². The van der Waals surface area contributed by atoms with Gasteiger partial charge in [-0.15, -0.1) is 0 Å². The van der Waals surface area contributed by atoms with E-state index in [-0.39, 0.29) is 24.5 Å². The fraction of sp³-hybridized carbons (Fsp3) is 0.923. The van der Waals surface area contributed by atoms with Crippen LogP contribution >= 0.6 is 0 Å². The quantitative estimate of drug-likeness (QED) is 0.116. The van der Waals surface area contributed by atoms with Crippen molar-refractivity contribution in [1.82, 2.24) is 10.6 Å². The van der Waals surface area contributed by atoms with Gasteiger partial charge in [0.2, 0.25) is 11.8 Å². The van der Waals surface area contributed by atoms with Crippen molar-refractivity contribution in [2.75, 3.05) is 34.0 Å². The fourth-order valence-electron chi connectivity index (χ4n) is 5.56. The highest BCUT2D eigenvalue weighted by Crippen LogP contribution is 2.29. The van der Waals surface area contributed by atoms with Gasteiger partial charge in [0.15, 0.2) is 6.29 Å². The maximum atomic E-state index is 11.4. The van der Waals surface area contributed by atoms with E-state index in [4.69, 9.17) is 39.3 Å². The monoisotopic (exact) mass is 627 g/mol. The number of methoxy groups -OCH3 is 2. The Labute approximate surface area is 250 Å². The Kier molecular flexibility index (Phi) is 15.0. The maximum absolute atomic E-state index is 11.4. The van der Waals surface area contributed by atoms with Gasteiger partial charge in [-0.2, -0.15) is 0 Å². The van der Waals surface area contributed by atoms with Crippen LogP contribution in [0.1, 0.15) is 27.7 Å². The first-order chi connectivity index (χ1) is 20.2. The number of amides is 2. The van der Waals surface area contributed by atoms with Gasteiger partial charge in [-0.1, -0.05) is 0 Å². The van der Waals surface area contributed by atoms with Crippen molar-refractivity contribution in [3.63, 3.8) is 0 Å². The third-order valence-corrected chi connectivity index (χ3v) is 7.77. The van der Waals surface area contributed by atoms with E-state index >= 15 is 0 Å². The van der Waals surface area contributed by atoms with E-state index in [1.165, 1.54) is 28.1 Å². The zero-order valence-corrected chi connectivity index (χ0v) is 25.3. The van der Waals surface area contributed by atoms with E-state index in [9.17, 15) is 35.1 Å². The van der Waals surface area contributed by atoms with Crippen molar-refractivity contribution in [2.45, 2.75) is 119 Å². The number of nitrogens with one attached hydrogen (secondary N) is 2. The number of carbonyl (C=O) groups excluding carboxylic acids is 2. The molecule has 2 amide bonds. The number of hydrogen-bond donors (Lipinski definition) is 9. The van der Waals surface area contributed by atoms with Crippen LogP contribution in [0.5, 0.6) is 0 Å². The summed E-state index contributed by atoms with van der Waals surface area (Å²) in [5.41, 5.74) is 5.98. The van der Waals surface area contributed by atoms with Crippen LogP contribution in [0.3, 0.4) is 0 Å². The molecule has 43 heavy (non-hydrogen) atoms. The van der Waals surface area contributed by atoms with Crippen LogP contribution in [-0.4, -0.2) is 168 Å². The summed E-state index contributed by atoms with van der Waals surface area (Å²) in [6.07, 6.45) is -10.4. The molecule has 17 heteroatoms. The molecule has 3 rings (SSSR count). The van der Waals surface area contributed by atoms with Crippen molar-refractivity contribution >= 4 is 11.8 Å². The Morgan fingerprint density at radius 1 is 0.698 bits per heavy atom. The van der Waals surface area contributed by atoms with Gasteiger partial charge in [-0.25, -0.2) is 0 Å². The molecule has 3 aliphatic heterocycles. The highest BCUT2D eigenvalue weighted by molar-refractivity contribution is 5.73. The van der Waals surface area contributed by atoms with Crippen molar-refractivity contribution in [2.24, 2.45) is 5.73 Å². The summed E-state index contributed by atoms with van der Waals surface area (Å²) in [5, 5.41) is 64.4. The minimum Gasteiger partial charge on any atom is -0.394 e. The van der Waals surface area contributed by atoms with E-state index in [2.05, 4.69) is 10.6 Å². The molecule has 3 saturated heterocycles. The van der Waals surface area contributed by atoms with Crippen LogP contribution in [0.2, 0.25) is 0 Å². The van der Waals surface area contributed by atoms with E-state index in [0.717, 1.165) is 0 Å². The van der Waals surface area contributed by atoms with Gasteiger partial charge in [-0.05, 0) is 13.8 Å². The molecule has 0 aromatic rings. The molecule has 15 atom stereocenters. The first kappa shape index (κ1) is 37.6. The number of carbonyl (C=O) groups is 2. The van der Waals surface area contributed by atoms with Gasteiger partial charge < -0.3 is 75.4 Å². The van der Waals surface area contributed by atoms with Crippen LogP contribution in [0.15, 0.2) is 0 Å². The molecule has 10 N–H and O–H groups in total. The third-order valence-electron chi connectivity index (χ3n) is 7.77. The topological polar surface area (TPSA) is 261 Å². The first-order valence-electron chi connectivity index (χ1n) is 14.1. The average Bonchev–Trinajstić information content (AvgIpc) is 2.96. The van der Waals surface area contributed by atoms with Crippen LogP contribution in [0.4, 0.5) is 0 Å². The Hall–Kier alpha value is -1.58. The molecule has 3 heterocycles. The number of aliphatic hydroxyl groups excluding tert-OH is 6. The largest absolute Gasteiger partial charge is 0.394 e. The van der Waals surface area contributed by atoms with Crippen molar-refractivity contribution in [3.8, 4) is 0 Å². The van der Waals surface area contributed by atoms with Crippen LogP contribution in [0.25, 0.3) is 0 Å². The molecule has 0 aliphatic carbocycles. The Morgan fingerprint density at radius 2 is 1.07 bits per heavy atom. The Bertz CT molecular complexity index is 871. The lowest BCUT2D eigenvalue weighted by Crippen LogP contribution is -2.68. The molecule has 8 unspecified atom stereocenters. The summed E-state index contributed by atoms with van der Waals surface area (Å²) in [6.45, 7) is 4.94.